The van der Waals surface area contributed by atoms with Crippen LogP contribution in [0.15, 0.2) is 0 Å². The van der Waals surface area contributed by atoms with Gasteiger partial charge < -0.3 is 5.11 Å². The van der Waals surface area contributed by atoms with Gasteiger partial charge in [0.05, 0.1) is 6.10 Å². The minimum atomic E-state index is -0.0341. The molecule has 0 aromatic carbocycles. The van der Waals surface area contributed by atoms with Gasteiger partial charge in [-0.25, -0.2) is 0 Å². The number of hydrogen-bond acceptors (Lipinski definition) is 2. The highest BCUT2D eigenvalue weighted by atomic mass is 16.3. The summed E-state index contributed by atoms with van der Waals surface area (Å²) in [6.45, 7) is 5.99. The smallest absolute Gasteiger partial charge is 0.0555 e. The molecule has 0 aromatic heterocycles. The quantitative estimate of drug-likeness (QED) is 0.720. The molecule has 2 rings (SSSR count). The van der Waals surface area contributed by atoms with E-state index in [0.29, 0.717) is 12.1 Å². The van der Waals surface area contributed by atoms with Crippen LogP contribution >= 0.6 is 0 Å². The molecule has 1 saturated carbocycles. The predicted molar refractivity (Wildman–Crippen MR) is 62.8 cm³/mol. The molecule has 1 aliphatic heterocycles. The van der Waals surface area contributed by atoms with E-state index in [4.69, 9.17) is 0 Å². The molecule has 0 bridgehead atoms. The summed E-state index contributed by atoms with van der Waals surface area (Å²) in [5.41, 5.74) is 0. The molecule has 15 heavy (non-hydrogen) atoms. The van der Waals surface area contributed by atoms with E-state index in [1.165, 1.54) is 32.2 Å². The molecule has 0 radical (unpaired) electrons. The molecule has 1 aliphatic carbocycles. The largest absolute Gasteiger partial charge is 0.393 e. The first kappa shape index (κ1) is 11.4. The second-order valence-corrected chi connectivity index (χ2v) is 5.57. The first-order valence-corrected chi connectivity index (χ1v) is 6.62. The van der Waals surface area contributed by atoms with Gasteiger partial charge in [-0.15, -0.1) is 0 Å². The summed E-state index contributed by atoms with van der Waals surface area (Å²) >= 11 is 0. The highest BCUT2D eigenvalue weighted by molar-refractivity contribution is 4.87. The fourth-order valence-corrected chi connectivity index (χ4v) is 3.32. The second-order valence-electron chi connectivity index (χ2n) is 5.57. The summed E-state index contributed by atoms with van der Waals surface area (Å²) in [5, 5.41) is 9.74. The van der Waals surface area contributed by atoms with Crippen LogP contribution < -0.4 is 0 Å². The lowest BCUT2D eigenvalue weighted by molar-refractivity contribution is 0.0124. The Morgan fingerprint density at radius 1 is 1.07 bits per heavy atom. The van der Waals surface area contributed by atoms with Crippen molar-refractivity contribution in [2.45, 2.75) is 70.6 Å². The minimum absolute atomic E-state index is 0.0341. The molecule has 2 fully saturated rings. The monoisotopic (exact) mass is 211 g/mol. The van der Waals surface area contributed by atoms with E-state index in [1.807, 2.05) is 0 Å². The topological polar surface area (TPSA) is 23.5 Å². The predicted octanol–water partition coefficient (Wildman–Crippen LogP) is 2.41. The molecular weight excluding hydrogens is 186 g/mol. The zero-order chi connectivity index (χ0) is 10.8. The van der Waals surface area contributed by atoms with E-state index >= 15 is 0 Å². The van der Waals surface area contributed by atoms with Gasteiger partial charge in [-0.05, 0) is 57.9 Å². The Hall–Kier alpha value is -0.0800. The second kappa shape index (κ2) is 4.84. The summed E-state index contributed by atoms with van der Waals surface area (Å²) in [5.74, 6) is 0.831. The van der Waals surface area contributed by atoms with Crippen LogP contribution in [0.5, 0.6) is 0 Å². The maximum atomic E-state index is 9.74. The third-order valence-electron chi connectivity index (χ3n) is 4.51. The Labute approximate surface area is 93.7 Å². The number of nitrogens with zero attached hydrogens (tertiary/aromatic N) is 1. The fourth-order valence-electron chi connectivity index (χ4n) is 3.32. The summed E-state index contributed by atoms with van der Waals surface area (Å²) in [6.07, 6.45) is 7.24. The Morgan fingerprint density at radius 3 is 2.60 bits per heavy atom. The lowest BCUT2D eigenvalue weighted by Gasteiger charge is -2.45. The highest BCUT2D eigenvalue weighted by Gasteiger charge is 2.32. The van der Waals surface area contributed by atoms with Crippen molar-refractivity contribution in [3.05, 3.63) is 0 Å². The van der Waals surface area contributed by atoms with Crippen LogP contribution in [-0.2, 0) is 0 Å². The van der Waals surface area contributed by atoms with Crippen molar-refractivity contribution in [3.63, 3.8) is 0 Å². The zero-order valence-electron chi connectivity index (χ0n) is 10.2. The third kappa shape index (κ3) is 2.54. The molecule has 0 spiro atoms. The van der Waals surface area contributed by atoms with Gasteiger partial charge in [0, 0.05) is 12.1 Å². The van der Waals surface area contributed by atoms with Crippen molar-refractivity contribution in [2.24, 2.45) is 5.92 Å². The van der Waals surface area contributed by atoms with Gasteiger partial charge in [0.15, 0.2) is 0 Å². The van der Waals surface area contributed by atoms with Crippen molar-refractivity contribution in [2.75, 3.05) is 6.54 Å². The summed E-state index contributed by atoms with van der Waals surface area (Å²) in [7, 11) is 0. The van der Waals surface area contributed by atoms with Gasteiger partial charge in [0.2, 0.25) is 0 Å². The van der Waals surface area contributed by atoms with Gasteiger partial charge in [-0.2, -0.15) is 0 Å². The Bertz CT molecular complexity index is 207. The SMILES string of the molecule is CC1CCCN(C2CCCC(O)C2)C1C. The van der Waals surface area contributed by atoms with Crippen molar-refractivity contribution in [1.29, 1.82) is 0 Å². The van der Waals surface area contributed by atoms with Crippen LogP contribution in [0, 0.1) is 5.92 Å². The van der Waals surface area contributed by atoms with Crippen molar-refractivity contribution in [1.82, 2.24) is 4.90 Å². The molecule has 88 valence electrons. The Kier molecular flexibility index (Phi) is 3.68. The van der Waals surface area contributed by atoms with E-state index in [0.717, 1.165) is 18.8 Å². The normalized spacial score (nSPS) is 44.2. The summed E-state index contributed by atoms with van der Waals surface area (Å²) in [6, 6.07) is 1.38. The van der Waals surface area contributed by atoms with Crippen LogP contribution in [-0.4, -0.2) is 34.7 Å². The lowest BCUT2D eigenvalue weighted by atomic mass is 9.85. The van der Waals surface area contributed by atoms with E-state index in [-0.39, 0.29) is 6.10 Å². The molecule has 4 unspecified atom stereocenters. The summed E-state index contributed by atoms with van der Waals surface area (Å²) < 4.78 is 0. The molecule has 2 heteroatoms. The maximum Gasteiger partial charge on any atom is 0.0555 e. The summed E-state index contributed by atoms with van der Waals surface area (Å²) in [4.78, 5) is 2.66. The molecule has 1 N–H and O–H groups in total. The van der Waals surface area contributed by atoms with Crippen LogP contribution in [0.4, 0.5) is 0 Å². The number of rotatable bonds is 1. The zero-order valence-corrected chi connectivity index (χ0v) is 10.2. The van der Waals surface area contributed by atoms with E-state index in [1.54, 1.807) is 0 Å². The van der Waals surface area contributed by atoms with Crippen molar-refractivity contribution < 1.29 is 5.11 Å². The van der Waals surface area contributed by atoms with E-state index in [2.05, 4.69) is 18.7 Å². The number of likely N-dealkylation sites (tertiary alicyclic amines) is 1. The fraction of sp³-hybridized carbons (Fsp3) is 1.00. The third-order valence-corrected chi connectivity index (χ3v) is 4.51. The molecule has 0 amide bonds. The van der Waals surface area contributed by atoms with Gasteiger partial charge in [0.25, 0.3) is 0 Å². The van der Waals surface area contributed by atoms with Gasteiger partial charge >= 0.3 is 0 Å². The van der Waals surface area contributed by atoms with Crippen LogP contribution in [0.2, 0.25) is 0 Å². The molecule has 2 nitrogen and oxygen atoms in total. The molecular formula is C13H25NO. The molecule has 2 aliphatic rings. The molecule has 1 heterocycles. The first-order valence-electron chi connectivity index (χ1n) is 6.62. The maximum absolute atomic E-state index is 9.74. The minimum Gasteiger partial charge on any atom is -0.393 e. The van der Waals surface area contributed by atoms with Crippen LogP contribution in [0.1, 0.15) is 52.4 Å². The van der Waals surface area contributed by atoms with Gasteiger partial charge in [-0.1, -0.05) is 6.92 Å². The van der Waals surface area contributed by atoms with Crippen molar-refractivity contribution >= 4 is 0 Å². The highest BCUT2D eigenvalue weighted by Crippen LogP contribution is 2.30. The number of hydrogen-bond donors (Lipinski definition) is 1. The Morgan fingerprint density at radius 2 is 1.87 bits per heavy atom. The molecule has 1 saturated heterocycles. The van der Waals surface area contributed by atoms with E-state index in [9.17, 15) is 5.11 Å². The number of aliphatic hydroxyl groups excluding tert-OH is 1. The lowest BCUT2D eigenvalue weighted by Crippen LogP contribution is -2.50. The average Bonchev–Trinajstić information content (AvgIpc) is 2.22. The number of piperidine rings is 1. The van der Waals surface area contributed by atoms with E-state index < -0.39 is 0 Å². The molecule has 4 atom stereocenters. The van der Waals surface area contributed by atoms with Crippen molar-refractivity contribution in [3.8, 4) is 0 Å². The first-order chi connectivity index (χ1) is 7.18. The standard InChI is InChI=1S/C13H25NO/c1-10-5-4-8-14(11(10)2)12-6-3-7-13(15)9-12/h10-13,15H,3-9H2,1-2H3. The van der Waals surface area contributed by atoms with Gasteiger partial charge in [0.1, 0.15) is 0 Å². The van der Waals surface area contributed by atoms with Crippen LogP contribution in [0.25, 0.3) is 0 Å². The van der Waals surface area contributed by atoms with Crippen LogP contribution in [0.3, 0.4) is 0 Å². The average molecular weight is 211 g/mol. The Balaban J connectivity index is 1.96. The number of aliphatic hydroxyl groups is 1. The molecule has 0 aromatic rings. The van der Waals surface area contributed by atoms with Gasteiger partial charge in [-0.3, -0.25) is 4.90 Å².